The fraction of sp³-hybridized carbons (Fsp3) is 0.579. The number of ether oxygens (including phenoxy) is 2. The van der Waals surface area contributed by atoms with Crippen molar-refractivity contribution >= 4 is 5.91 Å². The maximum atomic E-state index is 12.6. The summed E-state index contributed by atoms with van der Waals surface area (Å²) in [5.74, 6) is 0.00377. The molecule has 0 N–H and O–H groups in total. The van der Waals surface area contributed by atoms with E-state index in [1.807, 2.05) is 17.9 Å². The van der Waals surface area contributed by atoms with Gasteiger partial charge in [-0.1, -0.05) is 6.07 Å². The normalized spacial score (nSPS) is 21.7. The molecule has 1 amide bonds. The van der Waals surface area contributed by atoms with Crippen LogP contribution in [0.4, 0.5) is 0 Å². The molecule has 0 bridgehead atoms. The van der Waals surface area contributed by atoms with Crippen LogP contribution in [0.3, 0.4) is 0 Å². The van der Waals surface area contributed by atoms with Gasteiger partial charge in [-0.25, -0.2) is 0 Å². The van der Waals surface area contributed by atoms with Gasteiger partial charge in [-0.15, -0.1) is 0 Å². The van der Waals surface area contributed by atoms with E-state index in [0.717, 1.165) is 37.9 Å². The quantitative estimate of drug-likeness (QED) is 0.852. The molecule has 1 aromatic rings. The Morgan fingerprint density at radius 1 is 1.38 bits per heavy atom. The molecule has 0 spiro atoms. The summed E-state index contributed by atoms with van der Waals surface area (Å²) in [6.45, 7) is 4.80. The summed E-state index contributed by atoms with van der Waals surface area (Å²) in [6, 6.07) is 7.47. The molecule has 2 aliphatic heterocycles. The van der Waals surface area contributed by atoms with Crippen molar-refractivity contribution in [2.24, 2.45) is 0 Å². The summed E-state index contributed by atoms with van der Waals surface area (Å²) in [5.41, 5.74) is 2.06. The van der Waals surface area contributed by atoms with Crippen molar-refractivity contribution in [3.05, 3.63) is 34.9 Å². The topological polar surface area (TPSA) is 62.6 Å². The van der Waals surface area contributed by atoms with Gasteiger partial charge in [-0.2, -0.15) is 5.26 Å². The van der Waals surface area contributed by atoms with E-state index < -0.39 is 0 Å². The van der Waals surface area contributed by atoms with Crippen LogP contribution >= 0.6 is 0 Å². The van der Waals surface area contributed by atoms with Gasteiger partial charge < -0.3 is 14.4 Å². The van der Waals surface area contributed by atoms with E-state index in [1.54, 1.807) is 12.1 Å². The minimum absolute atomic E-state index is 0.00377. The second kappa shape index (κ2) is 7.78. The lowest BCUT2D eigenvalue weighted by Gasteiger charge is -2.32. The monoisotopic (exact) mass is 328 g/mol. The summed E-state index contributed by atoms with van der Waals surface area (Å²) >= 11 is 0. The highest BCUT2D eigenvalue weighted by atomic mass is 16.5. The van der Waals surface area contributed by atoms with Crippen molar-refractivity contribution in [1.29, 1.82) is 5.26 Å². The maximum absolute atomic E-state index is 12.6. The Balaban J connectivity index is 1.50. The van der Waals surface area contributed by atoms with Gasteiger partial charge >= 0.3 is 0 Å². The summed E-state index contributed by atoms with van der Waals surface area (Å²) in [6.07, 6.45) is 4.39. The van der Waals surface area contributed by atoms with Gasteiger partial charge in [0.2, 0.25) is 0 Å². The third kappa shape index (κ3) is 3.95. The first-order chi connectivity index (χ1) is 11.7. The summed E-state index contributed by atoms with van der Waals surface area (Å²) in [5, 5.41) is 9.12. The number of likely N-dealkylation sites (tertiary alicyclic amines) is 1. The molecule has 0 radical (unpaired) electrons. The molecule has 1 aromatic carbocycles. The number of nitriles is 1. The van der Waals surface area contributed by atoms with Crippen LogP contribution < -0.4 is 0 Å². The minimum atomic E-state index is 0.00377. The number of aryl methyl sites for hydroxylation is 1. The summed E-state index contributed by atoms with van der Waals surface area (Å²) in [4.78, 5) is 14.5. The molecule has 2 heterocycles. The van der Waals surface area contributed by atoms with Crippen molar-refractivity contribution in [1.82, 2.24) is 4.90 Å². The molecule has 2 aliphatic rings. The molecular formula is C19H24N2O3. The third-order valence-corrected chi connectivity index (χ3v) is 4.88. The molecule has 2 fully saturated rings. The first-order valence-corrected chi connectivity index (χ1v) is 8.70. The predicted molar refractivity (Wildman–Crippen MR) is 89.7 cm³/mol. The molecule has 5 heteroatoms. The van der Waals surface area contributed by atoms with Crippen LogP contribution in [-0.2, 0) is 9.47 Å². The number of amides is 1. The van der Waals surface area contributed by atoms with Crippen molar-refractivity contribution in [2.75, 3.05) is 26.3 Å². The number of hydrogen-bond acceptors (Lipinski definition) is 4. The van der Waals surface area contributed by atoms with Gasteiger partial charge in [0.15, 0.2) is 0 Å². The molecule has 3 rings (SSSR count). The fourth-order valence-corrected chi connectivity index (χ4v) is 3.30. The van der Waals surface area contributed by atoms with Crippen LogP contribution in [0.15, 0.2) is 18.2 Å². The van der Waals surface area contributed by atoms with Gasteiger partial charge in [0.1, 0.15) is 0 Å². The number of rotatable bonds is 4. The van der Waals surface area contributed by atoms with E-state index in [-0.39, 0.29) is 18.1 Å². The Morgan fingerprint density at radius 3 is 2.83 bits per heavy atom. The van der Waals surface area contributed by atoms with E-state index >= 15 is 0 Å². The SMILES string of the molecule is Cc1ccc(C(=O)N2CCC(OCC3CCCO3)CC2)cc1C#N. The molecule has 1 atom stereocenters. The molecule has 0 saturated carbocycles. The smallest absolute Gasteiger partial charge is 0.253 e. The van der Waals surface area contributed by atoms with Crippen molar-refractivity contribution in [3.8, 4) is 6.07 Å². The maximum Gasteiger partial charge on any atom is 0.253 e. The second-order valence-electron chi connectivity index (χ2n) is 6.60. The number of carbonyl (C=O) groups excluding carboxylic acids is 1. The van der Waals surface area contributed by atoms with Crippen molar-refractivity contribution in [3.63, 3.8) is 0 Å². The third-order valence-electron chi connectivity index (χ3n) is 4.88. The number of benzene rings is 1. The number of hydrogen-bond donors (Lipinski definition) is 0. The van der Waals surface area contributed by atoms with E-state index in [4.69, 9.17) is 14.7 Å². The van der Waals surface area contributed by atoms with Crippen LogP contribution in [0.5, 0.6) is 0 Å². The number of carbonyl (C=O) groups is 1. The Kier molecular flexibility index (Phi) is 5.49. The highest BCUT2D eigenvalue weighted by Gasteiger charge is 2.25. The highest BCUT2D eigenvalue weighted by molar-refractivity contribution is 5.94. The molecular weight excluding hydrogens is 304 g/mol. The molecule has 2 saturated heterocycles. The van der Waals surface area contributed by atoms with E-state index in [2.05, 4.69) is 6.07 Å². The van der Waals surface area contributed by atoms with E-state index in [0.29, 0.717) is 30.8 Å². The molecule has 24 heavy (non-hydrogen) atoms. The van der Waals surface area contributed by atoms with Gasteiger partial charge in [-0.05, 0) is 50.3 Å². The lowest BCUT2D eigenvalue weighted by molar-refractivity contribution is -0.0395. The van der Waals surface area contributed by atoms with Gasteiger partial charge in [0.25, 0.3) is 5.91 Å². The largest absolute Gasteiger partial charge is 0.376 e. The van der Waals surface area contributed by atoms with Crippen molar-refractivity contribution < 1.29 is 14.3 Å². The first kappa shape index (κ1) is 16.9. The van der Waals surface area contributed by atoms with Crippen LogP contribution in [-0.4, -0.2) is 49.3 Å². The Labute approximate surface area is 143 Å². The predicted octanol–water partition coefficient (Wildman–Crippen LogP) is 2.67. The molecule has 1 unspecified atom stereocenters. The van der Waals surface area contributed by atoms with Crippen molar-refractivity contribution in [2.45, 2.75) is 44.8 Å². The Bertz CT molecular complexity index is 624. The van der Waals surface area contributed by atoms with Crippen LogP contribution in [0, 0.1) is 18.3 Å². The highest BCUT2D eigenvalue weighted by Crippen LogP contribution is 2.20. The lowest BCUT2D eigenvalue weighted by atomic mass is 10.0. The average molecular weight is 328 g/mol. The summed E-state index contributed by atoms with van der Waals surface area (Å²) < 4.78 is 11.5. The fourth-order valence-electron chi connectivity index (χ4n) is 3.30. The first-order valence-electron chi connectivity index (χ1n) is 8.70. The zero-order chi connectivity index (χ0) is 16.9. The van der Waals surface area contributed by atoms with Crippen LogP contribution in [0.1, 0.15) is 47.2 Å². The lowest BCUT2D eigenvalue weighted by Crippen LogP contribution is -2.41. The van der Waals surface area contributed by atoms with Crippen LogP contribution in [0.2, 0.25) is 0 Å². The standard InChI is InChI=1S/C19H24N2O3/c1-14-4-5-15(11-16(14)12-20)19(22)21-8-6-17(7-9-21)24-13-18-3-2-10-23-18/h4-5,11,17-18H,2-3,6-10,13H2,1H3. The number of nitrogens with zero attached hydrogens (tertiary/aromatic N) is 2. The average Bonchev–Trinajstić information content (AvgIpc) is 3.14. The van der Waals surface area contributed by atoms with Crippen LogP contribution in [0.25, 0.3) is 0 Å². The Morgan fingerprint density at radius 2 is 2.17 bits per heavy atom. The van der Waals surface area contributed by atoms with Gasteiger partial charge in [0.05, 0.1) is 30.4 Å². The van der Waals surface area contributed by atoms with E-state index in [1.165, 1.54) is 0 Å². The zero-order valence-corrected chi connectivity index (χ0v) is 14.2. The molecule has 5 nitrogen and oxygen atoms in total. The van der Waals surface area contributed by atoms with Gasteiger partial charge in [0, 0.05) is 25.3 Å². The van der Waals surface area contributed by atoms with Gasteiger partial charge in [-0.3, -0.25) is 4.79 Å². The van der Waals surface area contributed by atoms with E-state index in [9.17, 15) is 4.79 Å². The second-order valence-corrected chi connectivity index (χ2v) is 6.60. The zero-order valence-electron chi connectivity index (χ0n) is 14.2. The number of piperidine rings is 1. The Hall–Kier alpha value is -1.90. The summed E-state index contributed by atoms with van der Waals surface area (Å²) in [7, 11) is 0. The minimum Gasteiger partial charge on any atom is -0.376 e. The molecule has 0 aliphatic carbocycles. The molecule has 128 valence electrons. The molecule has 0 aromatic heterocycles.